The number of carbonyl (C=O) groups is 2. The van der Waals surface area contributed by atoms with E-state index in [-0.39, 0.29) is 21.3 Å². The Morgan fingerprint density at radius 2 is 1.78 bits per heavy atom. The minimum absolute atomic E-state index is 0.118. The summed E-state index contributed by atoms with van der Waals surface area (Å²) in [6.45, 7) is 0. The zero-order chi connectivity index (χ0) is 19.4. The van der Waals surface area contributed by atoms with Crippen molar-refractivity contribution in [3.05, 3.63) is 74.5 Å². The quantitative estimate of drug-likeness (QED) is 0.381. The molecule has 3 rings (SSSR count). The van der Waals surface area contributed by atoms with Gasteiger partial charge in [0.1, 0.15) is 0 Å². The SMILES string of the molecule is NC(=O)/C(=N\OC(=O)c1ccccc1Cl)c1nc(-c2ccc(Cl)cc2)cs1. The minimum Gasteiger partial charge on any atom is -0.364 e. The molecule has 0 radical (unpaired) electrons. The summed E-state index contributed by atoms with van der Waals surface area (Å²) in [7, 11) is 0. The van der Waals surface area contributed by atoms with E-state index in [0.717, 1.165) is 16.9 Å². The molecule has 3 aromatic rings. The van der Waals surface area contributed by atoms with E-state index in [9.17, 15) is 9.59 Å². The third-order valence-electron chi connectivity index (χ3n) is 3.39. The second kappa shape index (κ2) is 8.30. The Balaban J connectivity index is 1.85. The van der Waals surface area contributed by atoms with Crippen LogP contribution in [0.15, 0.2) is 59.1 Å². The predicted molar refractivity (Wildman–Crippen MR) is 105 cm³/mol. The first-order valence-electron chi connectivity index (χ1n) is 7.51. The first-order valence-corrected chi connectivity index (χ1v) is 9.15. The molecule has 1 heterocycles. The summed E-state index contributed by atoms with van der Waals surface area (Å²) in [5, 5.41) is 6.35. The molecule has 9 heteroatoms. The van der Waals surface area contributed by atoms with Crippen molar-refractivity contribution in [2.24, 2.45) is 10.9 Å². The fourth-order valence-electron chi connectivity index (χ4n) is 2.09. The molecule has 0 saturated heterocycles. The Morgan fingerprint density at radius 1 is 1.07 bits per heavy atom. The van der Waals surface area contributed by atoms with Gasteiger partial charge < -0.3 is 10.6 Å². The fraction of sp³-hybridized carbons (Fsp3) is 0. The molecule has 6 nitrogen and oxygen atoms in total. The number of carbonyl (C=O) groups excluding carboxylic acids is 2. The van der Waals surface area contributed by atoms with E-state index in [2.05, 4.69) is 10.1 Å². The molecular formula is C18H11Cl2N3O3S. The third kappa shape index (κ3) is 4.51. The summed E-state index contributed by atoms with van der Waals surface area (Å²) in [6, 6.07) is 13.3. The average Bonchev–Trinajstić information content (AvgIpc) is 3.12. The Labute approximate surface area is 168 Å². The average molecular weight is 420 g/mol. The number of amides is 1. The highest BCUT2D eigenvalue weighted by molar-refractivity contribution is 7.13. The van der Waals surface area contributed by atoms with Crippen LogP contribution in [0.4, 0.5) is 0 Å². The van der Waals surface area contributed by atoms with E-state index in [1.165, 1.54) is 12.1 Å². The van der Waals surface area contributed by atoms with Gasteiger partial charge in [-0.25, -0.2) is 9.78 Å². The first kappa shape index (κ1) is 19.0. The van der Waals surface area contributed by atoms with Gasteiger partial charge in [0.05, 0.1) is 16.3 Å². The smallest absolute Gasteiger partial charge is 0.364 e. The lowest BCUT2D eigenvalue weighted by molar-refractivity contribution is -0.112. The van der Waals surface area contributed by atoms with Crippen molar-refractivity contribution in [2.45, 2.75) is 0 Å². The van der Waals surface area contributed by atoms with E-state index < -0.39 is 11.9 Å². The normalized spacial score (nSPS) is 11.3. The van der Waals surface area contributed by atoms with Gasteiger partial charge in [0, 0.05) is 16.0 Å². The highest BCUT2D eigenvalue weighted by Gasteiger charge is 2.19. The van der Waals surface area contributed by atoms with Gasteiger partial charge in [0.15, 0.2) is 5.01 Å². The Morgan fingerprint density at radius 3 is 2.44 bits per heavy atom. The van der Waals surface area contributed by atoms with E-state index in [1.54, 1.807) is 41.8 Å². The molecule has 0 spiro atoms. The zero-order valence-electron chi connectivity index (χ0n) is 13.6. The van der Waals surface area contributed by atoms with Crippen LogP contribution in [0, 0.1) is 0 Å². The van der Waals surface area contributed by atoms with Gasteiger partial charge in [0.25, 0.3) is 5.91 Å². The highest BCUT2D eigenvalue weighted by atomic mass is 35.5. The molecule has 0 saturated carbocycles. The summed E-state index contributed by atoms with van der Waals surface area (Å²) in [4.78, 5) is 33.0. The van der Waals surface area contributed by atoms with Crippen molar-refractivity contribution in [2.75, 3.05) is 0 Å². The van der Waals surface area contributed by atoms with Crippen LogP contribution in [0.1, 0.15) is 15.4 Å². The Bertz CT molecular complexity index is 1030. The van der Waals surface area contributed by atoms with Crippen molar-refractivity contribution in [3.8, 4) is 11.3 Å². The molecule has 0 bridgehead atoms. The second-order valence-electron chi connectivity index (χ2n) is 5.21. The molecule has 1 aromatic heterocycles. The topological polar surface area (TPSA) is 94.6 Å². The van der Waals surface area contributed by atoms with Gasteiger partial charge in [-0.3, -0.25) is 4.79 Å². The standard InChI is InChI=1S/C18H11Cl2N3O3S/c19-11-7-5-10(6-8-11)14-9-27-17(22-14)15(16(21)24)23-26-18(25)12-3-1-2-4-13(12)20/h1-9H,(H2,21,24)/b23-15+. The summed E-state index contributed by atoms with van der Waals surface area (Å²) in [5.74, 6) is -1.69. The van der Waals surface area contributed by atoms with Crippen molar-refractivity contribution < 1.29 is 14.4 Å². The predicted octanol–water partition coefficient (Wildman–Crippen LogP) is 4.16. The number of nitrogens with two attached hydrogens (primary N) is 1. The molecular weight excluding hydrogens is 409 g/mol. The van der Waals surface area contributed by atoms with E-state index >= 15 is 0 Å². The molecule has 0 unspecified atom stereocenters. The molecule has 0 atom stereocenters. The number of aromatic nitrogens is 1. The molecule has 27 heavy (non-hydrogen) atoms. The highest BCUT2D eigenvalue weighted by Crippen LogP contribution is 2.24. The summed E-state index contributed by atoms with van der Waals surface area (Å²) >= 11 is 13.0. The number of thiazole rings is 1. The van der Waals surface area contributed by atoms with Crippen LogP contribution in [0.3, 0.4) is 0 Å². The molecule has 0 aliphatic rings. The van der Waals surface area contributed by atoms with Gasteiger partial charge in [-0.2, -0.15) is 0 Å². The lowest BCUT2D eigenvalue weighted by atomic mass is 10.2. The first-order chi connectivity index (χ1) is 13.0. The summed E-state index contributed by atoms with van der Waals surface area (Å²) < 4.78 is 0. The van der Waals surface area contributed by atoms with Crippen LogP contribution in [0.2, 0.25) is 10.0 Å². The minimum atomic E-state index is -0.876. The van der Waals surface area contributed by atoms with Gasteiger partial charge in [0.2, 0.25) is 5.71 Å². The van der Waals surface area contributed by atoms with Crippen molar-refractivity contribution >= 4 is 52.1 Å². The van der Waals surface area contributed by atoms with Crippen LogP contribution >= 0.6 is 34.5 Å². The number of benzene rings is 2. The number of primary amides is 1. The molecule has 2 aromatic carbocycles. The van der Waals surface area contributed by atoms with Crippen LogP contribution in [-0.2, 0) is 9.63 Å². The maximum atomic E-state index is 12.1. The monoisotopic (exact) mass is 419 g/mol. The Hall–Kier alpha value is -2.74. The van der Waals surface area contributed by atoms with E-state index in [0.29, 0.717) is 10.7 Å². The van der Waals surface area contributed by atoms with Crippen LogP contribution < -0.4 is 5.73 Å². The van der Waals surface area contributed by atoms with Crippen molar-refractivity contribution in [3.63, 3.8) is 0 Å². The molecule has 2 N–H and O–H groups in total. The molecule has 0 aliphatic carbocycles. The summed E-state index contributed by atoms with van der Waals surface area (Å²) in [6.07, 6.45) is 0. The van der Waals surface area contributed by atoms with Crippen LogP contribution in [0.5, 0.6) is 0 Å². The van der Waals surface area contributed by atoms with Crippen LogP contribution in [-0.4, -0.2) is 22.6 Å². The summed E-state index contributed by atoms with van der Waals surface area (Å²) in [5.41, 5.74) is 6.62. The number of hydrogen-bond donors (Lipinski definition) is 1. The maximum Gasteiger partial charge on any atom is 0.367 e. The Kier molecular flexibility index (Phi) is 5.85. The van der Waals surface area contributed by atoms with Gasteiger partial charge >= 0.3 is 5.97 Å². The number of rotatable bonds is 5. The van der Waals surface area contributed by atoms with E-state index in [4.69, 9.17) is 33.8 Å². The second-order valence-corrected chi connectivity index (χ2v) is 6.91. The molecule has 136 valence electrons. The fourth-order valence-corrected chi connectivity index (χ4v) is 3.24. The maximum absolute atomic E-state index is 12.1. The number of halogens is 2. The van der Waals surface area contributed by atoms with Gasteiger partial charge in [-0.15, -0.1) is 11.3 Å². The lowest BCUT2D eigenvalue weighted by Crippen LogP contribution is -2.25. The molecule has 0 aliphatic heterocycles. The number of hydrogen-bond acceptors (Lipinski definition) is 6. The van der Waals surface area contributed by atoms with Gasteiger partial charge in [-0.05, 0) is 24.3 Å². The zero-order valence-corrected chi connectivity index (χ0v) is 15.9. The van der Waals surface area contributed by atoms with Gasteiger partial charge in [-0.1, -0.05) is 52.6 Å². The van der Waals surface area contributed by atoms with Crippen molar-refractivity contribution in [1.82, 2.24) is 4.98 Å². The van der Waals surface area contributed by atoms with E-state index in [1.807, 2.05) is 0 Å². The van der Waals surface area contributed by atoms with Crippen LogP contribution in [0.25, 0.3) is 11.3 Å². The third-order valence-corrected chi connectivity index (χ3v) is 4.82. The largest absolute Gasteiger partial charge is 0.367 e. The molecule has 0 fully saturated rings. The number of nitrogens with zero attached hydrogens (tertiary/aromatic N) is 2. The molecule has 1 amide bonds. The van der Waals surface area contributed by atoms with Crippen molar-refractivity contribution in [1.29, 1.82) is 0 Å². The number of oxime groups is 1. The lowest BCUT2D eigenvalue weighted by Gasteiger charge is -2.02.